The zero-order valence-electron chi connectivity index (χ0n) is 12.8. The van der Waals surface area contributed by atoms with E-state index in [0.29, 0.717) is 5.75 Å². The van der Waals surface area contributed by atoms with Gasteiger partial charge >= 0.3 is 6.09 Å². The van der Waals surface area contributed by atoms with Crippen molar-refractivity contribution < 1.29 is 18.7 Å². The molecule has 23 heavy (non-hydrogen) atoms. The Balaban J connectivity index is 2.04. The van der Waals surface area contributed by atoms with Crippen molar-refractivity contribution in [2.24, 2.45) is 0 Å². The standard InChI is InChI=1S/C18H16FNO3/c1-4-18(2,3)23-14-10-11-16(15(19)12-14)20-17(21)22-13-8-6-5-7-9-13/h1,5-12H,2-3H3,(H,20,21). The molecule has 1 amide bonds. The third-order valence-electron chi connectivity index (χ3n) is 2.85. The molecule has 0 saturated carbocycles. The Morgan fingerprint density at radius 2 is 1.87 bits per heavy atom. The van der Waals surface area contributed by atoms with Gasteiger partial charge in [-0.25, -0.2) is 9.18 Å². The number of carbonyl (C=O) groups is 1. The number of ether oxygens (including phenoxy) is 2. The molecule has 0 fully saturated rings. The zero-order chi connectivity index (χ0) is 16.9. The average molecular weight is 313 g/mol. The Morgan fingerprint density at radius 1 is 1.17 bits per heavy atom. The molecule has 2 aromatic rings. The van der Waals surface area contributed by atoms with Crippen LogP contribution in [0.4, 0.5) is 14.9 Å². The lowest BCUT2D eigenvalue weighted by Gasteiger charge is -2.20. The van der Waals surface area contributed by atoms with Crippen molar-refractivity contribution in [2.75, 3.05) is 5.32 Å². The number of terminal acetylenes is 1. The van der Waals surface area contributed by atoms with Crippen LogP contribution in [0.2, 0.25) is 0 Å². The van der Waals surface area contributed by atoms with Crippen LogP contribution < -0.4 is 14.8 Å². The topological polar surface area (TPSA) is 47.6 Å². The van der Waals surface area contributed by atoms with Crippen LogP contribution in [0.5, 0.6) is 11.5 Å². The second kappa shape index (κ2) is 6.84. The molecule has 2 rings (SSSR count). The van der Waals surface area contributed by atoms with E-state index in [1.807, 2.05) is 0 Å². The fraction of sp³-hybridized carbons (Fsp3) is 0.167. The van der Waals surface area contributed by atoms with E-state index in [-0.39, 0.29) is 11.4 Å². The molecule has 0 radical (unpaired) electrons. The molecule has 0 heterocycles. The second-order valence-corrected chi connectivity index (χ2v) is 5.23. The van der Waals surface area contributed by atoms with E-state index in [0.717, 1.165) is 6.07 Å². The number of nitrogens with one attached hydrogen (secondary N) is 1. The van der Waals surface area contributed by atoms with Gasteiger partial charge in [0.2, 0.25) is 0 Å². The maximum atomic E-state index is 14.0. The molecule has 0 aliphatic heterocycles. The molecule has 0 aliphatic carbocycles. The smallest absolute Gasteiger partial charge is 0.417 e. The number of amides is 1. The number of carbonyl (C=O) groups excluding carboxylic acids is 1. The number of benzene rings is 2. The van der Waals surface area contributed by atoms with Crippen LogP contribution in [0.25, 0.3) is 0 Å². The maximum absolute atomic E-state index is 14.0. The summed E-state index contributed by atoms with van der Waals surface area (Å²) in [6.45, 7) is 3.38. The normalized spacial score (nSPS) is 10.5. The van der Waals surface area contributed by atoms with Crippen molar-refractivity contribution in [1.29, 1.82) is 0 Å². The molecule has 4 nitrogen and oxygen atoms in total. The van der Waals surface area contributed by atoms with Crippen LogP contribution in [0.1, 0.15) is 13.8 Å². The van der Waals surface area contributed by atoms with Crippen molar-refractivity contribution in [1.82, 2.24) is 0 Å². The Labute approximate surface area is 134 Å². The highest BCUT2D eigenvalue weighted by atomic mass is 19.1. The van der Waals surface area contributed by atoms with Gasteiger partial charge in [-0.15, -0.1) is 6.42 Å². The largest absolute Gasteiger partial charge is 0.475 e. The molecular formula is C18H16FNO3. The minimum Gasteiger partial charge on any atom is -0.475 e. The highest BCUT2D eigenvalue weighted by Crippen LogP contribution is 2.24. The van der Waals surface area contributed by atoms with Crippen molar-refractivity contribution in [2.45, 2.75) is 19.4 Å². The predicted octanol–water partition coefficient (Wildman–Crippen LogP) is 4.23. The van der Waals surface area contributed by atoms with Crippen LogP contribution in [0.15, 0.2) is 48.5 Å². The first kappa shape index (κ1) is 16.4. The number of rotatable bonds is 4. The van der Waals surface area contributed by atoms with Gasteiger partial charge in [0.25, 0.3) is 0 Å². The summed E-state index contributed by atoms with van der Waals surface area (Å²) in [4.78, 5) is 11.7. The van der Waals surface area contributed by atoms with E-state index in [4.69, 9.17) is 15.9 Å². The fourth-order valence-electron chi connectivity index (χ4n) is 1.72. The second-order valence-electron chi connectivity index (χ2n) is 5.23. The summed E-state index contributed by atoms with van der Waals surface area (Å²) < 4.78 is 24.5. The lowest BCUT2D eigenvalue weighted by Crippen LogP contribution is -2.25. The molecule has 0 saturated heterocycles. The molecule has 0 aliphatic rings. The summed E-state index contributed by atoms with van der Waals surface area (Å²) in [6, 6.07) is 12.5. The predicted molar refractivity (Wildman–Crippen MR) is 86.0 cm³/mol. The van der Waals surface area contributed by atoms with Gasteiger partial charge in [-0.2, -0.15) is 0 Å². The molecule has 0 atom stereocenters. The zero-order valence-corrected chi connectivity index (χ0v) is 12.8. The summed E-state index contributed by atoms with van der Waals surface area (Å²) in [5.74, 6) is 2.43. The molecule has 0 aromatic heterocycles. The summed E-state index contributed by atoms with van der Waals surface area (Å²) in [6.07, 6.45) is 4.53. The SMILES string of the molecule is C#CC(C)(C)Oc1ccc(NC(=O)Oc2ccccc2)c(F)c1. The van der Waals surface area contributed by atoms with Crippen LogP contribution >= 0.6 is 0 Å². The highest BCUT2D eigenvalue weighted by molar-refractivity contribution is 5.86. The number of halogens is 1. The highest BCUT2D eigenvalue weighted by Gasteiger charge is 2.17. The third kappa shape index (κ3) is 4.75. The summed E-state index contributed by atoms with van der Waals surface area (Å²) in [5.41, 5.74) is -0.870. The fourth-order valence-corrected chi connectivity index (χ4v) is 1.72. The Hall–Kier alpha value is -3.00. The Kier molecular flexibility index (Phi) is 4.87. The van der Waals surface area contributed by atoms with E-state index in [9.17, 15) is 9.18 Å². The first-order valence-corrected chi connectivity index (χ1v) is 6.90. The van der Waals surface area contributed by atoms with Gasteiger partial charge in [0.15, 0.2) is 11.4 Å². The third-order valence-corrected chi connectivity index (χ3v) is 2.85. The van der Waals surface area contributed by atoms with Crippen LogP contribution in [0.3, 0.4) is 0 Å². The summed E-state index contributed by atoms with van der Waals surface area (Å²) in [7, 11) is 0. The Morgan fingerprint density at radius 3 is 2.48 bits per heavy atom. The summed E-state index contributed by atoms with van der Waals surface area (Å²) >= 11 is 0. The van der Waals surface area contributed by atoms with Gasteiger partial charge < -0.3 is 9.47 Å². The molecular weight excluding hydrogens is 297 g/mol. The maximum Gasteiger partial charge on any atom is 0.417 e. The number of para-hydroxylation sites is 1. The van der Waals surface area contributed by atoms with E-state index in [1.54, 1.807) is 44.2 Å². The van der Waals surface area contributed by atoms with Crippen molar-refractivity contribution in [3.63, 3.8) is 0 Å². The van der Waals surface area contributed by atoms with Gasteiger partial charge in [0.05, 0.1) is 5.69 Å². The van der Waals surface area contributed by atoms with Crippen molar-refractivity contribution in [3.8, 4) is 23.8 Å². The minimum absolute atomic E-state index is 0.0169. The quantitative estimate of drug-likeness (QED) is 0.859. The first-order chi connectivity index (χ1) is 10.9. The molecule has 0 spiro atoms. The molecule has 1 N–H and O–H groups in total. The van der Waals surface area contributed by atoms with Gasteiger partial charge in [-0.3, -0.25) is 5.32 Å². The van der Waals surface area contributed by atoms with Crippen molar-refractivity contribution >= 4 is 11.8 Å². The van der Waals surface area contributed by atoms with E-state index >= 15 is 0 Å². The first-order valence-electron chi connectivity index (χ1n) is 6.90. The summed E-state index contributed by atoms with van der Waals surface area (Å²) in [5, 5.41) is 2.33. The van der Waals surface area contributed by atoms with Gasteiger partial charge in [-0.05, 0) is 38.1 Å². The number of anilines is 1. The monoisotopic (exact) mass is 313 g/mol. The van der Waals surface area contributed by atoms with E-state index in [1.165, 1.54) is 12.1 Å². The van der Waals surface area contributed by atoms with Crippen LogP contribution in [-0.2, 0) is 0 Å². The van der Waals surface area contributed by atoms with Gasteiger partial charge in [0.1, 0.15) is 11.5 Å². The average Bonchev–Trinajstić information content (AvgIpc) is 2.51. The molecule has 0 unspecified atom stereocenters. The van der Waals surface area contributed by atoms with E-state index < -0.39 is 17.5 Å². The molecule has 0 bridgehead atoms. The lowest BCUT2D eigenvalue weighted by atomic mass is 10.1. The Bertz CT molecular complexity index is 736. The van der Waals surface area contributed by atoms with Crippen LogP contribution in [-0.4, -0.2) is 11.7 Å². The van der Waals surface area contributed by atoms with E-state index in [2.05, 4.69) is 11.2 Å². The lowest BCUT2D eigenvalue weighted by molar-refractivity contribution is 0.172. The molecule has 118 valence electrons. The minimum atomic E-state index is -0.854. The van der Waals surface area contributed by atoms with Gasteiger partial charge in [0, 0.05) is 6.07 Å². The van der Waals surface area contributed by atoms with Gasteiger partial charge in [-0.1, -0.05) is 24.1 Å². The van der Waals surface area contributed by atoms with Crippen LogP contribution in [0, 0.1) is 18.2 Å². The number of hydrogen-bond acceptors (Lipinski definition) is 3. The van der Waals surface area contributed by atoms with Crippen molar-refractivity contribution in [3.05, 3.63) is 54.3 Å². The molecule has 2 aromatic carbocycles. The number of hydrogen-bond donors (Lipinski definition) is 1. The molecule has 5 heteroatoms.